The van der Waals surface area contributed by atoms with Gasteiger partial charge in [-0.05, 0) is 12.1 Å². The van der Waals surface area contributed by atoms with Gasteiger partial charge in [0.1, 0.15) is 0 Å². The van der Waals surface area contributed by atoms with Crippen molar-refractivity contribution >= 4 is 17.3 Å². The molecule has 1 N–H and O–H groups in total. The number of nitrogens with one attached hydrogen (secondary N) is 1. The molecule has 0 aromatic heterocycles. The van der Waals surface area contributed by atoms with E-state index in [1.165, 1.54) is 0 Å². The van der Waals surface area contributed by atoms with Crippen LogP contribution in [0.15, 0.2) is 24.3 Å². The number of hydrogen-bond acceptors (Lipinski definition) is 4. The minimum Gasteiger partial charge on any atom is -0.379 e. The molecule has 0 spiro atoms. The summed E-state index contributed by atoms with van der Waals surface area (Å²) in [6, 6.07) is 7.98. The van der Waals surface area contributed by atoms with Crippen molar-refractivity contribution in [1.82, 2.24) is 4.90 Å². The van der Waals surface area contributed by atoms with Gasteiger partial charge in [-0.3, -0.25) is 9.69 Å². The van der Waals surface area contributed by atoms with Gasteiger partial charge in [0, 0.05) is 26.2 Å². The van der Waals surface area contributed by atoms with Crippen molar-refractivity contribution in [2.75, 3.05) is 56.2 Å². The van der Waals surface area contributed by atoms with Crippen molar-refractivity contribution in [2.45, 2.75) is 0 Å². The van der Waals surface area contributed by atoms with Crippen LogP contribution in [-0.2, 0) is 9.53 Å². The molecule has 0 radical (unpaired) electrons. The van der Waals surface area contributed by atoms with Gasteiger partial charge in [-0.25, -0.2) is 0 Å². The quantitative estimate of drug-likeness (QED) is 0.873. The smallest absolute Gasteiger partial charge is 0.243 e. The van der Waals surface area contributed by atoms with Crippen LogP contribution in [0.5, 0.6) is 0 Å². The molecule has 0 atom stereocenters. The maximum absolute atomic E-state index is 11.7. The van der Waals surface area contributed by atoms with E-state index < -0.39 is 0 Å². The summed E-state index contributed by atoms with van der Waals surface area (Å²) in [5, 5.41) is 2.91. The van der Waals surface area contributed by atoms with Crippen LogP contribution in [0.1, 0.15) is 0 Å². The number of morpholine rings is 1. The molecule has 1 amide bonds. The van der Waals surface area contributed by atoms with Gasteiger partial charge in [0.15, 0.2) is 0 Å². The second-order valence-electron chi connectivity index (χ2n) is 4.94. The summed E-state index contributed by atoms with van der Waals surface area (Å²) >= 11 is 0. The minimum absolute atomic E-state index is 0.0701. The zero-order valence-electron chi connectivity index (χ0n) is 11.0. The Kier molecular flexibility index (Phi) is 3.66. The van der Waals surface area contributed by atoms with E-state index in [1.807, 2.05) is 18.2 Å². The number of fused-ring (bicyclic) bond motifs is 1. The number of para-hydroxylation sites is 2. The Balaban J connectivity index is 1.65. The third-order valence-corrected chi connectivity index (χ3v) is 3.64. The van der Waals surface area contributed by atoms with Crippen LogP contribution in [0.3, 0.4) is 0 Å². The first-order valence-electron chi connectivity index (χ1n) is 6.77. The van der Waals surface area contributed by atoms with E-state index in [0.29, 0.717) is 6.54 Å². The number of rotatable bonds is 3. The Morgan fingerprint density at radius 3 is 2.79 bits per heavy atom. The SMILES string of the molecule is O=C1CN(CCN2CCOCC2)c2ccccc2N1. The molecule has 5 heteroatoms. The van der Waals surface area contributed by atoms with Gasteiger partial charge in [0.25, 0.3) is 0 Å². The Morgan fingerprint density at radius 2 is 1.95 bits per heavy atom. The molecule has 1 aromatic carbocycles. The number of carbonyl (C=O) groups is 1. The summed E-state index contributed by atoms with van der Waals surface area (Å²) in [6.07, 6.45) is 0. The molecule has 0 bridgehead atoms. The molecular weight excluding hydrogens is 242 g/mol. The molecule has 5 nitrogen and oxygen atoms in total. The topological polar surface area (TPSA) is 44.8 Å². The fourth-order valence-electron chi connectivity index (χ4n) is 2.59. The lowest BCUT2D eigenvalue weighted by molar-refractivity contribution is -0.115. The number of amides is 1. The van der Waals surface area contributed by atoms with E-state index in [1.54, 1.807) is 0 Å². The molecule has 2 aliphatic rings. The molecular formula is C14H19N3O2. The number of carbonyl (C=O) groups excluding carboxylic acids is 1. The van der Waals surface area contributed by atoms with Crippen LogP contribution in [-0.4, -0.2) is 56.7 Å². The van der Waals surface area contributed by atoms with Gasteiger partial charge in [0.05, 0.1) is 31.1 Å². The summed E-state index contributed by atoms with van der Waals surface area (Å²) in [4.78, 5) is 16.2. The van der Waals surface area contributed by atoms with Crippen molar-refractivity contribution in [3.8, 4) is 0 Å². The molecule has 0 aliphatic carbocycles. The van der Waals surface area contributed by atoms with Crippen LogP contribution in [0.25, 0.3) is 0 Å². The van der Waals surface area contributed by atoms with E-state index in [4.69, 9.17) is 4.74 Å². The van der Waals surface area contributed by atoms with Crippen molar-refractivity contribution in [1.29, 1.82) is 0 Å². The van der Waals surface area contributed by atoms with Crippen molar-refractivity contribution in [3.63, 3.8) is 0 Å². The maximum Gasteiger partial charge on any atom is 0.243 e. The standard InChI is InChI=1S/C14H19N3O2/c18-14-11-17(6-5-16-7-9-19-10-8-16)13-4-2-1-3-12(13)15-14/h1-4H,5-11H2,(H,15,18). The Bertz CT molecular complexity index is 458. The number of ether oxygens (including phenoxy) is 1. The highest BCUT2D eigenvalue weighted by molar-refractivity contribution is 6.01. The third kappa shape index (κ3) is 2.88. The average Bonchev–Trinajstić information content (AvgIpc) is 2.45. The Hall–Kier alpha value is -1.59. The van der Waals surface area contributed by atoms with Crippen LogP contribution in [0, 0.1) is 0 Å². The van der Waals surface area contributed by atoms with Crippen LogP contribution in [0.4, 0.5) is 11.4 Å². The van der Waals surface area contributed by atoms with Crippen molar-refractivity contribution in [3.05, 3.63) is 24.3 Å². The van der Waals surface area contributed by atoms with Gasteiger partial charge in [-0.1, -0.05) is 12.1 Å². The van der Waals surface area contributed by atoms with E-state index >= 15 is 0 Å². The molecule has 0 unspecified atom stereocenters. The first kappa shape index (κ1) is 12.4. The highest BCUT2D eigenvalue weighted by atomic mass is 16.5. The van der Waals surface area contributed by atoms with Gasteiger partial charge < -0.3 is 15.0 Å². The zero-order valence-corrected chi connectivity index (χ0v) is 11.0. The van der Waals surface area contributed by atoms with Gasteiger partial charge in [-0.15, -0.1) is 0 Å². The lowest BCUT2D eigenvalue weighted by Gasteiger charge is -2.34. The second-order valence-corrected chi connectivity index (χ2v) is 4.94. The average molecular weight is 261 g/mol. The number of hydrogen-bond donors (Lipinski definition) is 1. The highest BCUT2D eigenvalue weighted by Crippen LogP contribution is 2.28. The van der Waals surface area contributed by atoms with Gasteiger partial charge in [-0.2, -0.15) is 0 Å². The largest absolute Gasteiger partial charge is 0.379 e. The molecule has 19 heavy (non-hydrogen) atoms. The predicted molar refractivity (Wildman–Crippen MR) is 74.5 cm³/mol. The zero-order chi connectivity index (χ0) is 13.1. The number of benzene rings is 1. The molecule has 102 valence electrons. The Morgan fingerprint density at radius 1 is 1.16 bits per heavy atom. The summed E-state index contributed by atoms with van der Waals surface area (Å²) < 4.78 is 5.35. The first-order valence-corrected chi connectivity index (χ1v) is 6.77. The first-order chi connectivity index (χ1) is 9.33. The summed E-state index contributed by atoms with van der Waals surface area (Å²) in [5.74, 6) is 0.0701. The molecule has 1 saturated heterocycles. The van der Waals surface area contributed by atoms with E-state index in [9.17, 15) is 4.79 Å². The van der Waals surface area contributed by atoms with Gasteiger partial charge in [0.2, 0.25) is 5.91 Å². The summed E-state index contributed by atoms with van der Waals surface area (Å²) in [6.45, 7) is 5.91. The van der Waals surface area contributed by atoms with Crippen molar-refractivity contribution in [2.24, 2.45) is 0 Å². The van der Waals surface area contributed by atoms with Crippen LogP contribution in [0.2, 0.25) is 0 Å². The maximum atomic E-state index is 11.7. The van der Waals surface area contributed by atoms with E-state index in [0.717, 1.165) is 50.8 Å². The van der Waals surface area contributed by atoms with E-state index in [-0.39, 0.29) is 5.91 Å². The molecule has 2 heterocycles. The monoisotopic (exact) mass is 261 g/mol. The molecule has 0 saturated carbocycles. The summed E-state index contributed by atoms with van der Waals surface area (Å²) in [7, 11) is 0. The molecule has 2 aliphatic heterocycles. The van der Waals surface area contributed by atoms with Crippen LogP contribution >= 0.6 is 0 Å². The molecule has 1 fully saturated rings. The highest BCUT2D eigenvalue weighted by Gasteiger charge is 2.22. The lowest BCUT2D eigenvalue weighted by atomic mass is 10.2. The normalized spacial score (nSPS) is 20.0. The number of anilines is 2. The Labute approximate surface area is 113 Å². The summed E-state index contributed by atoms with van der Waals surface area (Å²) in [5.41, 5.74) is 2.04. The minimum atomic E-state index is 0.0701. The molecule has 3 rings (SSSR count). The number of nitrogens with zero attached hydrogens (tertiary/aromatic N) is 2. The van der Waals surface area contributed by atoms with Gasteiger partial charge >= 0.3 is 0 Å². The fourth-order valence-corrected chi connectivity index (χ4v) is 2.59. The lowest BCUT2D eigenvalue weighted by Crippen LogP contribution is -2.45. The predicted octanol–water partition coefficient (Wildman–Crippen LogP) is 0.777. The molecule has 1 aromatic rings. The van der Waals surface area contributed by atoms with E-state index in [2.05, 4.69) is 21.2 Å². The fraction of sp³-hybridized carbons (Fsp3) is 0.500. The van der Waals surface area contributed by atoms with Crippen molar-refractivity contribution < 1.29 is 9.53 Å². The third-order valence-electron chi connectivity index (χ3n) is 3.64. The van der Waals surface area contributed by atoms with Crippen LogP contribution < -0.4 is 10.2 Å². The second kappa shape index (κ2) is 5.59.